The quantitative estimate of drug-likeness (QED) is 0.613. The maximum atomic E-state index is 12.6. The number of halogens is 1. The van der Waals surface area contributed by atoms with E-state index in [1.165, 1.54) is 28.4 Å². The minimum absolute atomic E-state index is 0.0167. The summed E-state index contributed by atoms with van der Waals surface area (Å²) in [5, 5.41) is 7.54. The molecular weight excluding hydrogens is 406 g/mol. The first-order valence-electron chi connectivity index (χ1n) is 10.3. The molecule has 1 aromatic heterocycles. The second kappa shape index (κ2) is 10.2. The summed E-state index contributed by atoms with van der Waals surface area (Å²) in [4.78, 5) is 31.3. The molecule has 1 aliphatic carbocycles. The predicted molar refractivity (Wildman–Crippen MR) is 118 cm³/mol. The third-order valence-electron chi connectivity index (χ3n) is 5.10. The smallest absolute Gasteiger partial charge is 0.251 e. The number of rotatable bonds is 8. The monoisotopic (exact) mass is 433 g/mol. The van der Waals surface area contributed by atoms with Crippen LogP contribution in [-0.4, -0.2) is 29.4 Å². The van der Waals surface area contributed by atoms with Crippen LogP contribution < -0.4 is 10.6 Å². The summed E-state index contributed by atoms with van der Waals surface area (Å²) < 4.78 is 0. The lowest BCUT2D eigenvalue weighted by Gasteiger charge is -2.21. The van der Waals surface area contributed by atoms with E-state index in [0.717, 1.165) is 25.7 Å². The van der Waals surface area contributed by atoms with Gasteiger partial charge in [-0.15, -0.1) is 11.3 Å². The maximum Gasteiger partial charge on any atom is 0.251 e. The van der Waals surface area contributed by atoms with Crippen LogP contribution in [0.15, 0.2) is 24.3 Å². The van der Waals surface area contributed by atoms with Gasteiger partial charge in [-0.3, -0.25) is 9.59 Å². The Hall–Kier alpha value is -1.92. The summed E-state index contributed by atoms with van der Waals surface area (Å²) in [7, 11) is 0. The lowest BCUT2D eigenvalue weighted by atomic mass is 10.0. The number of hydrogen-bond acceptors (Lipinski definition) is 4. The molecule has 1 aliphatic rings. The molecule has 1 unspecified atom stereocenters. The molecule has 7 heteroatoms. The number of fused-ring (bicyclic) bond motifs is 1. The second-order valence-corrected chi connectivity index (χ2v) is 9.39. The number of carbonyl (C=O) groups excluding carboxylic acids is 2. The SMILES string of the molecule is CC(C)C(NC(=O)c1ccc(Cl)cc1)C(=O)NCCCc1nc2c(s1)CCCC2. The summed E-state index contributed by atoms with van der Waals surface area (Å²) in [5.41, 5.74) is 1.77. The van der Waals surface area contributed by atoms with Gasteiger partial charge in [0.05, 0.1) is 10.7 Å². The van der Waals surface area contributed by atoms with E-state index >= 15 is 0 Å². The van der Waals surface area contributed by atoms with E-state index in [-0.39, 0.29) is 17.7 Å². The van der Waals surface area contributed by atoms with Crippen LogP contribution in [0, 0.1) is 5.92 Å². The molecule has 1 atom stereocenters. The number of carbonyl (C=O) groups is 2. The van der Waals surface area contributed by atoms with Gasteiger partial charge in [0.15, 0.2) is 0 Å². The van der Waals surface area contributed by atoms with Crippen molar-refractivity contribution in [2.24, 2.45) is 5.92 Å². The Bertz CT molecular complexity index is 825. The third kappa shape index (κ3) is 6.03. The van der Waals surface area contributed by atoms with Crippen LogP contribution in [0.25, 0.3) is 0 Å². The van der Waals surface area contributed by atoms with E-state index in [0.29, 0.717) is 17.1 Å². The van der Waals surface area contributed by atoms with Gasteiger partial charge in [0.1, 0.15) is 6.04 Å². The van der Waals surface area contributed by atoms with Gasteiger partial charge in [-0.2, -0.15) is 0 Å². The van der Waals surface area contributed by atoms with Crippen molar-refractivity contribution in [1.29, 1.82) is 0 Å². The van der Waals surface area contributed by atoms with E-state index in [2.05, 4.69) is 10.6 Å². The Labute approximate surface area is 181 Å². The molecule has 0 fully saturated rings. The molecular formula is C22H28ClN3O2S. The molecule has 0 saturated heterocycles. The Morgan fingerprint density at radius 3 is 2.59 bits per heavy atom. The summed E-state index contributed by atoms with van der Waals surface area (Å²) in [5.74, 6) is -0.443. The molecule has 0 spiro atoms. The number of benzene rings is 1. The van der Waals surface area contributed by atoms with Gasteiger partial charge in [0.25, 0.3) is 5.91 Å². The lowest BCUT2D eigenvalue weighted by Crippen LogP contribution is -2.49. The first kappa shape index (κ1) is 21.8. The molecule has 5 nitrogen and oxygen atoms in total. The molecule has 2 amide bonds. The minimum Gasteiger partial charge on any atom is -0.354 e. The number of nitrogens with zero attached hydrogens (tertiary/aromatic N) is 1. The summed E-state index contributed by atoms with van der Waals surface area (Å²) in [6.45, 7) is 4.42. The van der Waals surface area contributed by atoms with Crippen LogP contribution in [0.4, 0.5) is 0 Å². The van der Waals surface area contributed by atoms with E-state index in [9.17, 15) is 9.59 Å². The van der Waals surface area contributed by atoms with Crippen molar-refractivity contribution in [3.05, 3.63) is 50.4 Å². The molecule has 0 radical (unpaired) electrons. The fraction of sp³-hybridized carbons (Fsp3) is 0.500. The van der Waals surface area contributed by atoms with Crippen LogP contribution in [0.3, 0.4) is 0 Å². The first-order chi connectivity index (χ1) is 13.9. The highest BCUT2D eigenvalue weighted by Gasteiger charge is 2.24. The molecule has 2 aromatic rings. The van der Waals surface area contributed by atoms with Crippen molar-refractivity contribution < 1.29 is 9.59 Å². The average Bonchev–Trinajstić information content (AvgIpc) is 3.12. The van der Waals surface area contributed by atoms with Crippen molar-refractivity contribution >= 4 is 34.8 Å². The molecule has 0 bridgehead atoms. The van der Waals surface area contributed by atoms with Crippen molar-refractivity contribution in [2.75, 3.05) is 6.54 Å². The fourth-order valence-corrected chi connectivity index (χ4v) is 4.76. The van der Waals surface area contributed by atoms with Crippen LogP contribution in [0.1, 0.15) is 59.0 Å². The number of thiazole rings is 1. The second-order valence-electron chi connectivity index (χ2n) is 7.78. The zero-order valence-electron chi connectivity index (χ0n) is 17.0. The number of nitrogens with one attached hydrogen (secondary N) is 2. The number of hydrogen-bond donors (Lipinski definition) is 2. The van der Waals surface area contributed by atoms with Crippen molar-refractivity contribution in [1.82, 2.24) is 15.6 Å². The van der Waals surface area contributed by atoms with Gasteiger partial charge in [0, 0.05) is 28.4 Å². The highest BCUT2D eigenvalue weighted by Crippen LogP contribution is 2.27. The molecule has 0 aliphatic heterocycles. The fourth-order valence-electron chi connectivity index (χ4n) is 3.43. The molecule has 29 heavy (non-hydrogen) atoms. The van der Waals surface area contributed by atoms with Gasteiger partial charge in [-0.25, -0.2) is 4.98 Å². The molecule has 0 saturated carbocycles. The standard InChI is InChI=1S/C22H28ClN3O2S/c1-14(2)20(26-21(27)15-9-11-16(23)12-10-15)22(28)24-13-5-8-19-25-17-6-3-4-7-18(17)29-19/h9-12,14,20H,3-8,13H2,1-2H3,(H,24,28)(H,26,27). The van der Waals surface area contributed by atoms with E-state index < -0.39 is 6.04 Å². The van der Waals surface area contributed by atoms with Gasteiger partial charge in [-0.1, -0.05) is 25.4 Å². The van der Waals surface area contributed by atoms with Gasteiger partial charge in [-0.05, 0) is 62.3 Å². The Kier molecular flexibility index (Phi) is 7.67. The molecule has 1 aromatic carbocycles. The zero-order valence-corrected chi connectivity index (χ0v) is 18.5. The van der Waals surface area contributed by atoms with E-state index in [1.807, 2.05) is 25.2 Å². The topological polar surface area (TPSA) is 71.1 Å². The molecule has 1 heterocycles. The van der Waals surface area contributed by atoms with Gasteiger partial charge < -0.3 is 10.6 Å². The largest absolute Gasteiger partial charge is 0.354 e. The van der Waals surface area contributed by atoms with Crippen LogP contribution in [0.5, 0.6) is 0 Å². The van der Waals surface area contributed by atoms with E-state index in [1.54, 1.807) is 24.3 Å². The number of amides is 2. The Morgan fingerprint density at radius 2 is 1.90 bits per heavy atom. The normalized spacial score (nSPS) is 14.3. The summed E-state index contributed by atoms with van der Waals surface area (Å²) in [6.07, 6.45) is 6.49. The molecule has 2 N–H and O–H groups in total. The molecule has 3 rings (SSSR count). The van der Waals surface area contributed by atoms with Crippen LogP contribution in [0.2, 0.25) is 5.02 Å². The van der Waals surface area contributed by atoms with Gasteiger partial charge in [0.2, 0.25) is 5.91 Å². The summed E-state index contributed by atoms with van der Waals surface area (Å²) >= 11 is 7.69. The first-order valence-corrected chi connectivity index (χ1v) is 11.4. The Balaban J connectivity index is 1.47. The van der Waals surface area contributed by atoms with Crippen molar-refractivity contribution in [3.8, 4) is 0 Å². The highest BCUT2D eigenvalue weighted by molar-refractivity contribution is 7.11. The minimum atomic E-state index is -0.578. The van der Waals surface area contributed by atoms with Crippen LogP contribution in [-0.2, 0) is 24.1 Å². The maximum absolute atomic E-state index is 12.6. The lowest BCUT2D eigenvalue weighted by molar-refractivity contribution is -0.123. The molecule has 156 valence electrons. The number of aryl methyl sites for hydroxylation is 3. The zero-order chi connectivity index (χ0) is 20.8. The third-order valence-corrected chi connectivity index (χ3v) is 6.57. The van der Waals surface area contributed by atoms with Gasteiger partial charge >= 0.3 is 0 Å². The van der Waals surface area contributed by atoms with Crippen LogP contribution >= 0.6 is 22.9 Å². The number of aromatic nitrogens is 1. The predicted octanol–water partition coefficient (Wildman–Crippen LogP) is 4.18. The van der Waals surface area contributed by atoms with Crippen molar-refractivity contribution in [3.63, 3.8) is 0 Å². The van der Waals surface area contributed by atoms with E-state index in [4.69, 9.17) is 16.6 Å². The Morgan fingerprint density at radius 1 is 1.17 bits per heavy atom. The summed E-state index contributed by atoms with van der Waals surface area (Å²) in [6, 6.07) is 6.06. The highest BCUT2D eigenvalue weighted by atomic mass is 35.5. The van der Waals surface area contributed by atoms with Crippen molar-refractivity contribution in [2.45, 2.75) is 58.4 Å². The average molecular weight is 434 g/mol.